The summed E-state index contributed by atoms with van der Waals surface area (Å²) in [5.74, 6) is -0.192. The second-order valence-corrected chi connectivity index (χ2v) is 13.8. The maximum atomic E-state index is 12.8. The standard InChI is InChI=1S/C23H18BrClN4O3S3/c1-14-26-16-7-8-17(22(30)28-35(31,32)20-10-9-19(24)34-20)27-21(16)29(14)13-15-5-2-3-11-23(15,25)18-6-4-12-33-18/h2-12,15H,13H2,1H3,(H,28,30). The number of amides is 1. The van der Waals surface area contributed by atoms with Crippen molar-refractivity contribution in [2.24, 2.45) is 5.92 Å². The molecule has 2 atom stereocenters. The molecule has 35 heavy (non-hydrogen) atoms. The van der Waals surface area contributed by atoms with Crippen molar-refractivity contribution in [1.82, 2.24) is 19.3 Å². The van der Waals surface area contributed by atoms with Crippen LogP contribution in [0, 0.1) is 12.8 Å². The zero-order valence-electron chi connectivity index (χ0n) is 18.2. The molecule has 0 saturated carbocycles. The maximum absolute atomic E-state index is 12.8. The number of thiophene rings is 2. The molecule has 1 N–H and O–H groups in total. The van der Waals surface area contributed by atoms with Gasteiger partial charge in [-0.15, -0.1) is 34.3 Å². The van der Waals surface area contributed by atoms with Gasteiger partial charge in [0.05, 0.1) is 3.79 Å². The first-order valence-corrected chi connectivity index (χ1v) is 14.8. The first-order chi connectivity index (χ1) is 16.7. The van der Waals surface area contributed by atoms with Crippen molar-refractivity contribution in [2.45, 2.75) is 22.6 Å². The van der Waals surface area contributed by atoms with Crippen molar-refractivity contribution in [3.8, 4) is 0 Å². The molecule has 4 aromatic rings. The number of hydrogen-bond acceptors (Lipinski definition) is 7. The number of aryl methyl sites for hydroxylation is 1. The van der Waals surface area contributed by atoms with E-state index in [1.807, 2.05) is 47.2 Å². The number of pyridine rings is 1. The number of sulfonamides is 1. The quantitative estimate of drug-likeness (QED) is 0.287. The van der Waals surface area contributed by atoms with Crippen LogP contribution in [0.1, 0.15) is 21.2 Å². The molecule has 5 rings (SSSR count). The minimum absolute atomic E-state index is 0.0210. The molecular weight excluding hydrogens is 592 g/mol. The zero-order valence-corrected chi connectivity index (χ0v) is 23.0. The predicted molar refractivity (Wildman–Crippen MR) is 143 cm³/mol. The Labute approximate surface area is 223 Å². The summed E-state index contributed by atoms with van der Waals surface area (Å²) in [6.07, 6.45) is 7.95. The molecule has 0 spiro atoms. The highest BCUT2D eigenvalue weighted by Gasteiger charge is 2.37. The first-order valence-electron chi connectivity index (χ1n) is 10.4. The largest absolute Gasteiger partial charge is 0.312 e. The Kier molecular flexibility index (Phi) is 6.47. The molecule has 0 aliphatic heterocycles. The molecule has 0 aromatic carbocycles. The first kappa shape index (κ1) is 24.4. The van der Waals surface area contributed by atoms with Crippen molar-refractivity contribution in [3.63, 3.8) is 0 Å². The molecule has 180 valence electrons. The fraction of sp³-hybridized carbons (Fsp3) is 0.174. The SMILES string of the molecule is Cc1nc2ccc(C(=O)NS(=O)(=O)c3ccc(Br)s3)nc2n1CC1C=CC=CC1(Cl)c1cccs1. The molecule has 12 heteroatoms. The van der Waals surface area contributed by atoms with Crippen molar-refractivity contribution < 1.29 is 13.2 Å². The lowest BCUT2D eigenvalue weighted by Gasteiger charge is -2.32. The molecule has 0 fully saturated rings. The van der Waals surface area contributed by atoms with Gasteiger partial charge in [0.1, 0.15) is 26.1 Å². The van der Waals surface area contributed by atoms with Crippen LogP contribution in [0.25, 0.3) is 11.2 Å². The van der Waals surface area contributed by atoms with Crippen LogP contribution in [0.3, 0.4) is 0 Å². The summed E-state index contributed by atoms with van der Waals surface area (Å²) in [6.45, 7) is 2.34. The third-order valence-corrected chi connectivity index (χ3v) is 10.9. The summed E-state index contributed by atoms with van der Waals surface area (Å²) < 4.78 is 29.9. The Hall–Kier alpha value is -2.31. The van der Waals surface area contributed by atoms with E-state index < -0.39 is 20.8 Å². The number of carbonyl (C=O) groups excluding carboxylic acids is 1. The van der Waals surface area contributed by atoms with E-state index in [0.29, 0.717) is 27.3 Å². The summed E-state index contributed by atoms with van der Waals surface area (Å²) in [5.41, 5.74) is 1.07. The average molecular weight is 610 g/mol. The van der Waals surface area contributed by atoms with Gasteiger partial charge in [-0.1, -0.05) is 30.4 Å². The minimum Gasteiger partial charge on any atom is -0.312 e. The summed E-state index contributed by atoms with van der Waals surface area (Å²) in [7, 11) is -4.01. The fourth-order valence-electron chi connectivity index (χ4n) is 3.94. The van der Waals surface area contributed by atoms with Crippen LogP contribution in [0.15, 0.2) is 74.1 Å². The van der Waals surface area contributed by atoms with Gasteiger partial charge in [-0.3, -0.25) is 4.79 Å². The van der Waals surface area contributed by atoms with E-state index in [0.717, 1.165) is 16.2 Å². The van der Waals surface area contributed by atoms with Crippen molar-refractivity contribution in [3.05, 3.63) is 86.3 Å². The molecule has 7 nitrogen and oxygen atoms in total. The van der Waals surface area contributed by atoms with Crippen LogP contribution in [0.5, 0.6) is 0 Å². The topological polar surface area (TPSA) is 93.9 Å². The Morgan fingerprint density at radius 2 is 2.06 bits per heavy atom. The van der Waals surface area contributed by atoms with Gasteiger partial charge < -0.3 is 4.57 Å². The van der Waals surface area contributed by atoms with E-state index in [1.165, 1.54) is 12.1 Å². The lowest BCUT2D eigenvalue weighted by molar-refractivity contribution is 0.0977. The molecule has 2 unspecified atom stereocenters. The number of aromatic nitrogens is 3. The van der Waals surface area contributed by atoms with E-state index in [9.17, 15) is 13.2 Å². The van der Waals surface area contributed by atoms with Crippen LogP contribution in [-0.2, 0) is 21.4 Å². The maximum Gasteiger partial charge on any atom is 0.283 e. The van der Waals surface area contributed by atoms with Crippen LogP contribution in [0.4, 0.5) is 0 Å². The van der Waals surface area contributed by atoms with Gasteiger partial charge in [-0.05, 0) is 58.6 Å². The number of allylic oxidation sites excluding steroid dienone is 4. The predicted octanol–water partition coefficient (Wildman–Crippen LogP) is 5.62. The van der Waals surface area contributed by atoms with Gasteiger partial charge in [0.25, 0.3) is 15.9 Å². The average Bonchev–Trinajstić information content (AvgIpc) is 3.56. The Bertz CT molecular complexity index is 1590. The van der Waals surface area contributed by atoms with Gasteiger partial charge >= 0.3 is 0 Å². The number of rotatable bonds is 6. The number of halogens is 2. The van der Waals surface area contributed by atoms with E-state index in [2.05, 4.69) is 36.7 Å². The third-order valence-electron chi connectivity index (χ3n) is 5.67. The summed E-state index contributed by atoms with van der Waals surface area (Å²) in [4.78, 5) is 22.2. The van der Waals surface area contributed by atoms with E-state index >= 15 is 0 Å². The number of nitrogens with one attached hydrogen (secondary N) is 1. The normalized spacial score (nSPS) is 19.9. The van der Waals surface area contributed by atoms with Crippen molar-refractivity contribution in [1.29, 1.82) is 0 Å². The van der Waals surface area contributed by atoms with Gasteiger partial charge in [0.15, 0.2) is 5.65 Å². The number of alkyl halides is 1. The third kappa shape index (κ3) is 4.63. The summed E-state index contributed by atoms with van der Waals surface area (Å²) >= 11 is 13.0. The smallest absolute Gasteiger partial charge is 0.283 e. The molecular formula is C23H18BrClN4O3S3. The number of imidazole rings is 1. The molecule has 4 heterocycles. The molecule has 0 radical (unpaired) electrons. The minimum atomic E-state index is -4.01. The lowest BCUT2D eigenvalue weighted by atomic mass is 9.86. The Morgan fingerprint density at radius 3 is 2.77 bits per heavy atom. The fourth-order valence-corrected chi connectivity index (χ4v) is 8.18. The van der Waals surface area contributed by atoms with Gasteiger partial charge in [-0.25, -0.2) is 23.1 Å². The van der Waals surface area contributed by atoms with E-state index in [1.54, 1.807) is 23.5 Å². The molecule has 1 aliphatic rings. The Balaban J connectivity index is 1.47. The monoisotopic (exact) mass is 608 g/mol. The molecule has 0 bridgehead atoms. The molecule has 0 saturated heterocycles. The second-order valence-electron chi connectivity index (χ2n) is 7.90. The highest BCUT2D eigenvalue weighted by atomic mass is 79.9. The number of fused-ring (bicyclic) bond motifs is 1. The highest BCUT2D eigenvalue weighted by Crippen LogP contribution is 2.44. The van der Waals surface area contributed by atoms with Crippen molar-refractivity contribution >= 4 is 77.3 Å². The van der Waals surface area contributed by atoms with E-state index in [4.69, 9.17) is 11.6 Å². The van der Waals surface area contributed by atoms with Crippen LogP contribution in [0.2, 0.25) is 0 Å². The van der Waals surface area contributed by atoms with Gasteiger partial charge in [-0.2, -0.15) is 0 Å². The van der Waals surface area contributed by atoms with E-state index in [-0.39, 0.29) is 15.8 Å². The summed E-state index contributed by atoms with van der Waals surface area (Å²) in [6, 6.07) is 10.2. The number of hydrogen-bond donors (Lipinski definition) is 1. The van der Waals surface area contributed by atoms with Gasteiger partial charge in [0.2, 0.25) is 0 Å². The lowest BCUT2D eigenvalue weighted by Crippen LogP contribution is -2.31. The summed E-state index contributed by atoms with van der Waals surface area (Å²) in [5, 5.41) is 2.00. The Morgan fingerprint density at radius 1 is 1.23 bits per heavy atom. The highest BCUT2D eigenvalue weighted by molar-refractivity contribution is 9.11. The van der Waals surface area contributed by atoms with Crippen LogP contribution < -0.4 is 4.72 Å². The zero-order chi connectivity index (χ0) is 24.8. The number of carbonyl (C=O) groups is 1. The van der Waals surface area contributed by atoms with Crippen molar-refractivity contribution in [2.75, 3.05) is 0 Å². The van der Waals surface area contributed by atoms with Crippen LogP contribution in [-0.4, -0.2) is 28.9 Å². The molecule has 1 aliphatic carbocycles. The molecule has 4 aromatic heterocycles. The van der Waals surface area contributed by atoms with Gasteiger partial charge in [0, 0.05) is 17.3 Å². The van der Waals surface area contributed by atoms with Crippen LogP contribution >= 0.6 is 50.2 Å². The second kappa shape index (κ2) is 9.29. The number of nitrogens with zero attached hydrogens (tertiary/aromatic N) is 3. The molecule has 1 amide bonds.